The number of hydrogen-bond donors (Lipinski definition) is 2. The number of halogens is 3. The smallest absolute Gasteiger partial charge is 0.279 e. The summed E-state index contributed by atoms with van der Waals surface area (Å²) in [5.74, 6) is -0.529. The van der Waals surface area contributed by atoms with Crippen molar-refractivity contribution in [2.24, 2.45) is 5.73 Å². The Morgan fingerprint density at radius 3 is 2.59 bits per heavy atom. The maximum atomic E-state index is 13.7. The van der Waals surface area contributed by atoms with E-state index < -0.39 is 21.6 Å². The van der Waals surface area contributed by atoms with Crippen molar-refractivity contribution in [2.75, 3.05) is 13.6 Å². The second kappa shape index (κ2) is 7.42. The summed E-state index contributed by atoms with van der Waals surface area (Å²) in [5, 5.41) is 0.200. The van der Waals surface area contributed by atoms with Crippen molar-refractivity contribution in [3.63, 3.8) is 0 Å². The van der Waals surface area contributed by atoms with Gasteiger partial charge in [0.05, 0.1) is 0 Å². The van der Waals surface area contributed by atoms with Gasteiger partial charge in [0.25, 0.3) is 10.2 Å². The zero-order valence-electron chi connectivity index (χ0n) is 12.2. The lowest BCUT2D eigenvalue weighted by Gasteiger charge is -2.38. The highest BCUT2D eigenvalue weighted by Gasteiger charge is 2.34. The van der Waals surface area contributed by atoms with Gasteiger partial charge in [0.1, 0.15) is 5.82 Å². The molecule has 0 atom stereocenters. The van der Waals surface area contributed by atoms with Crippen molar-refractivity contribution in [3.8, 4) is 0 Å². The fourth-order valence-electron chi connectivity index (χ4n) is 2.14. The van der Waals surface area contributed by atoms with Gasteiger partial charge in [0, 0.05) is 36.3 Å². The van der Waals surface area contributed by atoms with Gasteiger partial charge in [-0.2, -0.15) is 12.7 Å². The zero-order valence-corrected chi connectivity index (χ0v) is 14.6. The van der Waals surface area contributed by atoms with E-state index >= 15 is 0 Å². The molecule has 0 saturated heterocycles. The van der Waals surface area contributed by atoms with Crippen molar-refractivity contribution in [2.45, 2.75) is 31.3 Å². The van der Waals surface area contributed by atoms with Crippen LogP contribution in [0.3, 0.4) is 0 Å². The first-order chi connectivity index (χ1) is 9.73. The molecule has 3 N–H and O–H groups in total. The third-order valence-electron chi connectivity index (χ3n) is 3.81. The van der Waals surface area contributed by atoms with E-state index in [-0.39, 0.29) is 36.1 Å². The molecule has 1 aromatic rings. The average molecular weight is 372 g/mol. The van der Waals surface area contributed by atoms with Crippen LogP contribution in [0, 0.1) is 5.82 Å². The van der Waals surface area contributed by atoms with Crippen molar-refractivity contribution in [1.82, 2.24) is 9.03 Å². The van der Waals surface area contributed by atoms with Crippen LogP contribution in [0.5, 0.6) is 0 Å². The van der Waals surface area contributed by atoms with Gasteiger partial charge in [0.2, 0.25) is 0 Å². The third-order valence-corrected chi connectivity index (χ3v) is 5.62. The van der Waals surface area contributed by atoms with Crippen molar-refractivity contribution >= 4 is 34.2 Å². The average Bonchev–Trinajstić information content (AvgIpc) is 2.38. The Bertz CT molecular complexity index is 603. The van der Waals surface area contributed by atoms with Gasteiger partial charge in [-0.1, -0.05) is 17.7 Å². The first kappa shape index (κ1) is 19.6. The fraction of sp³-hybridized carbons (Fsp3) is 0.538. The molecule has 9 heteroatoms. The topological polar surface area (TPSA) is 75.4 Å². The summed E-state index contributed by atoms with van der Waals surface area (Å²) in [6, 6.07) is 4.25. The summed E-state index contributed by atoms with van der Waals surface area (Å²) in [4.78, 5) is 0. The van der Waals surface area contributed by atoms with E-state index in [4.69, 9.17) is 17.3 Å². The molecule has 0 heterocycles. The van der Waals surface area contributed by atoms with Crippen LogP contribution < -0.4 is 10.5 Å². The highest BCUT2D eigenvalue weighted by Crippen LogP contribution is 2.28. The Hall–Kier alpha value is -0.440. The quantitative estimate of drug-likeness (QED) is 0.803. The molecule has 1 aliphatic rings. The standard InChI is InChI=1S/C13H19ClFN3O2S.ClH/c1-18(8-10-11(14)4-2-5-12(10)15)21(19,20)17-9-13(16)6-3-7-13;/h2,4-5,17H,3,6-9,16H2,1H3;1H. The molecular formula is C13H20Cl2FN3O2S. The van der Waals surface area contributed by atoms with Crippen LogP contribution in [0.15, 0.2) is 18.2 Å². The molecule has 0 aromatic heterocycles. The van der Waals surface area contributed by atoms with E-state index in [0.717, 1.165) is 23.6 Å². The number of nitrogens with two attached hydrogens (primary N) is 1. The second-order valence-electron chi connectivity index (χ2n) is 5.50. The summed E-state index contributed by atoms with van der Waals surface area (Å²) in [7, 11) is -2.35. The van der Waals surface area contributed by atoms with Crippen LogP contribution in [0.25, 0.3) is 0 Å². The van der Waals surface area contributed by atoms with Gasteiger partial charge >= 0.3 is 0 Å². The van der Waals surface area contributed by atoms with E-state index in [1.807, 2.05) is 0 Å². The zero-order chi connectivity index (χ0) is 15.7. The molecule has 1 aliphatic carbocycles. The number of nitrogens with one attached hydrogen (secondary N) is 1. The molecule has 1 fully saturated rings. The van der Waals surface area contributed by atoms with Crippen LogP contribution in [-0.4, -0.2) is 31.9 Å². The van der Waals surface area contributed by atoms with Gasteiger partial charge in [-0.05, 0) is 31.4 Å². The van der Waals surface area contributed by atoms with Crippen molar-refractivity contribution in [3.05, 3.63) is 34.6 Å². The Morgan fingerprint density at radius 1 is 1.45 bits per heavy atom. The van der Waals surface area contributed by atoms with Gasteiger partial charge in [-0.25, -0.2) is 9.11 Å². The van der Waals surface area contributed by atoms with Gasteiger partial charge in [-0.3, -0.25) is 0 Å². The Morgan fingerprint density at radius 2 is 2.09 bits per heavy atom. The van der Waals surface area contributed by atoms with Crippen LogP contribution >= 0.6 is 24.0 Å². The Kier molecular flexibility index (Phi) is 6.61. The van der Waals surface area contributed by atoms with Crippen LogP contribution in [0.1, 0.15) is 24.8 Å². The molecule has 0 aliphatic heterocycles. The minimum Gasteiger partial charge on any atom is -0.324 e. The maximum Gasteiger partial charge on any atom is 0.279 e. The molecule has 0 unspecified atom stereocenters. The lowest BCUT2D eigenvalue weighted by Crippen LogP contribution is -2.56. The van der Waals surface area contributed by atoms with E-state index in [1.54, 1.807) is 0 Å². The van der Waals surface area contributed by atoms with Crippen LogP contribution in [-0.2, 0) is 16.8 Å². The predicted octanol–water partition coefficient (Wildman–Crippen LogP) is 2.05. The monoisotopic (exact) mass is 371 g/mol. The molecule has 0 bridgehead atoms. The van der Waals surface area contributed by atoms with Crippen molar-refractivity contribution < 1.29 is 12.8 Å². The Balaban J connectivity index is 0.00000242. The first-order valence-corrected chi connectivity index (χ1v) is 8.48. The second-order valence-corrected chi connectivity index (χ2v) is 7.77. The summed E-state index contributed by atoms with van der Waals surface area (Å²) >= 11 is 5.90. The molecule has 2 rings (SSSR count). The lowest BCUT2D eigenvalue weighted by atomic mass is 9.78. The van der Waals surface area contributed by atoms with E-state index in [1.165, 1.54) is 25.2 Å². The molecule has 5 nitrogen and oxygen atoms in total. The normalized spacial score (nSPS) is 17.0. The summed E-state index contributed by atoms with van der Waals surface area (Å²) in [5.41, 5.74) is 5.68. The van der Waals surface area contributed by atoms with Gasteiger partial charge in [0.15, 0.2) is 0 Å². The van der Waals surface area contributed by atoms with Crippen LogP contribution in [0.4, 0.5) is 4.39 Å². The van der Waals surface area contributed by atoms with Crippen LogP contribution in [0.2, 0.25) is 5.02 Å². The number of rotatable bonds is 6. The maximum absolute atomic E-state index is 13.7. The summed E-state index contributed by atoms with van der Waals surface area (Å²) in [6.07, 6.45) is 2.62. The minimum absolute atomic E-state index is 0. The largest absolute Gasteiger partial charge is 0.324 e. The first-order valence-electron chi connectivity index (χ1n) is 6.66. The molecule has 0 amide bonds. The molecule has 22 heavy (non-hydrogen) atoms. The summed E-state index contributed by atoms with van der Waals surface area (Å²) < 4.78 is 41.5. The van der Waals surface area contributed by atoms with Gasteiger partial charge in [-0.15, -0.1) is 12.4 Å². The fourth-order valence-corrected chi connectivity index (χ4v) is 3.36. The third kappa shape index (κ3) is 4.53. The Labute approximate surface area is 141 Å². The molecular weight excluding hydrogens is 352 g/mol. The minimum atomic E-state index is -3.72. The van der Waals surface area contributed by atoms with Gasteiger partial charge < -0.3 is 5.73 Å². The van der Waals surface area contributed by atoms with E-state index in [2.05, 4.69) is 4.72 Å². The highest BCUT2D eigenvalue weighted by atomic mass is 35.5. The molecule has 0 radical (unpaired) electrons. The number of benzene rings is 1. The lowest BCUT2D eigenvalue weighted by molar-refractivity contribution is 0.249. The molecule has 0 spiro atoms. The van der Waals surface area contributed by atoms with E-state index in [0.29, 0.717) is 0 Å². The molecule has 1 aromatic carbocycles. The predicted molar refractivity (Wildman–Crippen MR) is 87.8 cm³/mol. The highest BCUT2D eigenvalue weighted by molar-refractivity contribution is 7.87. The number of nitrogens with zero attached hydrogens (tertiary/aromatic N) is 1. The summed E-state index contributed by atoms with van der Waals surface area (Å²) in [6.45, 7) is 0.0447. The number of hydrogen-bond acceptors (Lipinski definition) is 3. The SMILES string of the molecule is CN(Cc1c(F)cccc1Cl)S(=O)(=O)NCC1(N)CCC1.Cl. The molecule has 1 saturated carbocycles. The van der Waals surface area contributed by atoms with Crippen molar-refractivity contribution in [1.29, 1.82) is 0 Å². The van der Waals surface area contributed by atoms with E-state index in [9.17, 15) is 12.8 Å². The molecule has 126 valence electrons.